The number of carbonyl (C=O) groups excluding carboxylic acids is 2. The molecule has 0 spiro atoms. The summed E-state index contributed by atoms with van der Waals surface area (Å²) < 4.78 is 37.4. The lowest BCUT2D eigenvalue weighted by atomic mass is 10.1. The fraction of sp³-hybridized carbons (Fsp3) is 0.130. The molecule has 33 heavy (non-hydrogen) atoms. The highest BCUT2D eigenvalue weighted by Gasteiger charge is 2.24. The summed E-state index contributed by atoms with van der Waals surface area (Å²) in [4.78, 5) is 24.5. The molecule has 0 aliphatic carbocycles. The number of ketones is 1. The number of nitrogens with zero attached hydrogens (tertiary/aromatic N) is 1. The van der Waals surface area contributed by atoms with Crippen molar-refractivity contribution >= 4 is 50.7 Å². The molecule has 0 heterocycles. The smallest absolute Gasteiger partial charge is 0.338 e. The van der Waals surface area contributed by atoms with E-state index in [-0.39, 0.29) is 21.0 Å². The number of methoxy groups -OCH3 is 1. The Kier molecular flexibility index (Phi) is 7.63. The van der Waals surface area contributed by atoms with Crippen LogP contribution in [-0.4, -0.2) is 40.9 Å². The number of halogens is 2. The van der Waals surface area contributed by atoms with Gasteiger partial charge in [0.05, 0.1) is 28.3 Å². The molecular formula is C23H19Cl2NO6S. The summed E-state index contributed by atoms with van der Waals surface area (Å²) in [7, 11) is -1.06. The molecule has 0 N–H and O–H groups in total. The number of hydrogen-bond donors (Lipinski definition) is 0. The zero-order chi connectivity index (χ0) is 24.2. The standard InChI is InChI=1S/C23H19Cl2NO6S/c1-26(20-5-3-4-6-22(20)31-2)33(29,30)17-10-7-15(8-11-17)23(28)32-14-21(27)18-12-9-16(24)13-19(18)25/h3-13H,14H2,1-2H3. The minimum atomic E-state index is -3.92. The minimum Gasteiger partial charge on any atom is -0.495 e. The van der Waals surface area contributed by atoms with Gasteiger partial charge in [-0.1, -0.05) is 35.3 Å². The van der Waals surface area contributed by atoms with Crippen LogP contribution in [0.1, 0.15) is 20.7 Å². The molecule has 7 nitrogen and oxygen atoms in total. The van der Waals surface area contributed by atoms with Gasteiger partial charge in [0.2, 0.25) is 5.78 Å². The van der Waals surface area contributed by atoms with E-state index in [1.54, 1.807) is 24.3 Å². The molecule has 0 saturated carbocycles. The molecule has 0 aromatic heterocycles. The van der Waals surface area contributed by atoms with Crippen LogP contribution < -0.4 is 9.04 Å². The van der Waals surface area contributed by atoms with Crippen molar-refractivity contribution in [2.24, 2.45) is 0 Å². The van der Waals surface area contributed by atoms with Crippen molar-refractivity contribution in [3.8, 4) is 5.75 Å². The first-order chi connectivity index (χ1) is 15.6. The number of hydrogen-bond acceptors (Lipinski definition) is 6. The third kappa shape index (κ3) is 5.47. The van der Waals surface area contributed by atoms with Gasteiger partial charge in [0.25, 0.3) is 10.0 Å². The lowest BCUT2D eigenvalue weighted by molar-refractivity contribution is 0.0474. The molecule has 0 saturated heterocycles. The number of esters is 1. The Morgan fingerprint density at radius 3 is 2.27 bits per heavy atom. The molecular weight excluding hydrogens is 489 g/mol. The maximum absolute atomic E-state index is 13.0. The van der Waals surface area contributed by atoms with Crippen LogP contribution in [0.3, 0.4) is 0 Å². The van der Waals surface area contributed by atoms with E-state index >= 15 is 0 Å². The second kappa shape index (κ2) is 10.2. The predicted molar refractivity (Wildman–Crippen MR) is 126 cm³/mol. The Bertz CT molecular complexity index is 1290. The number of ether oxygens (including phenoxy) is 2. The van der Waals surface area contributed by atoms with E-state index in [4.69, 9.17) is 32.7 Å². The second-order valence-electron chi connectivity index (χ2n) is 6.79. The molecule has 0 aliphatic heterocycles. The van der Waals surface area contributed by atoms with Crippen LogP contribution in [0.4, 0.5) is 5.69 Å². The molecule has 0 radical (unpaired) electrons. The lowest BCUT2D eigenvalue weighted by Crippen LogP contribution is -2.27. The van der Waals surface area contributed by atoms with Crippen molar-refractivity contribution < 1.29 is 27.5 Å². The molecule has 0 unspecified atom stereocenters. The summed E-state index contributed by atoms with van der Waals surface area (Å²) in [6.45, 7) is -0.531. The summed E-state index contributed by atoms with van der Waals surface area (Å²) in [5.41, 5.74) is 0.626. The fourth-order valence-corrected chi connectivity index (χ4v) is 4.67. The van der Waals surface area contributed by atoms with Gasteiger partial charge in [-0.15, -0.1) is 0 Å². The number of sulfonamides is 1. The summed E-state index contributed by atoms with van der Waals surface area (Å²) in [6, 6.07) is 16.3. The van der Waals surface area contributed by atoms with Gasteiger partial charge in [0, 0.05) is 17.6 Å². The van der Waals surface area contributed by atoms with Crippen LogP contribution in [0.25, 0.3) is 0 Å². The highest BCUT2D eigenvalue weighted by Crippen LogP contribution is 2.31. The average molecular weight is 508 g/mol. The van der Waals surface area contributed by atoms with Crippen LogP contribution in [0.2, 0.25) is 10.0 Å². The first kappa shape index (κ1) is 24.6. The Balaban J connectivity index is 1.71. The van der Waals surface area contributed by atoms with Gasteiger partial charge in [-0.25, -0.2) is 13.2 Å². The van der Waals surface area contributed by atoms with E-state index < -0.39 is 28.4 Å². The number of benzene rings is 3. The van der Waals surface area contributed by atoms with Crippen LogP contribution >= 0.6 is 23.2 Å². The third-order valence-corrected chi connectivity index (χ3v) is 7.07. The van der Waals surface area contributed by atoms with Crippen molar-refractivity contribution in [3.63, 3.8) is 0 Å². The van der Waals surface area contributed by atoms with Crippen molar-refractivity contribution in [2.45, 2.75) is 4.90 Å². The van der Waals surface area contributed by atoms with Crippen LogP contribution in [0.15, 0.2) is 71.6 Å². The Labute approximate surface area is 201 Å². The van der Waals surface area contributed by atoms with Gasteiger partial charge >= 0.3 is 5.97 Å². The number of Topliss-reactive ketones (excluding diaryl/α,β-unsaturated/α-hetero) is 1. The van der Waals surface area contributed by atoms with Crippen LogP contribution in [0.5, 0.6) is 5.75 Å². The topological polar surface area (TPSA) is 90.0 Å². The van der Waals surface area contributed by atoms with Crippen LogP contribution in [-0.2, 0) is 14.8 Å². The molecule has 0 atom stereocenters. The van der Waals surface area contributed by atoms with E-state index in [2.05, 4.69) is 0 Å². The maximum atomic E-state index is 13.0. The number of anilines is 1. The Hall–Kier alpha value is -3.07. The van der Waals surface area contributed by atoms with Gasteiger partial charge < -0.3 is 9.47 Å². The van der Waals surface area contributed by atoms with Gasteiger partial charge in [0.1, 0.15) is 5.75 Å². The molecule has 0 fully saturated rings. The lowest BCUT2D eigenvalue weighted by Gasteiger charge is -2.21. The van der Waals surface area contributed by atoms with Gasteiger partial charge in [-0.2, -0.15) is 0 Å². The first-order valence-electron chi connectivity index (χ1n) is 9.52. The minimum absolute atomic E-state index is 0.0310. The SMILES string of the molecule is COc1ccccc1N(C)S(=O)(=O)c1ccc(C(=O)OCC(=O)c2ccc(Cl)cc2Cl)cc1. The van der Waals surface area contributed by atoms with Gasteiger partial charge in [0.15, 0.2) is 6.61 Å². The molecule has 10 heteroatoms. The molecule has 0 bridgehead atoms. The predicted octanol–water partition coefficient (Wildman–Crippen LogP) is 4.87. The van der Waals surface area contributed by atoms with Crippen molar-refractivity contribution in [1.82, 2.24) is 0 Å². The van der Waals surface area contributed by atoms with Crippen molar-refractivity contribution in [1.29, 1.82) is 0 Å². The van der Waals surface area contributed by atoms with E-state index in [0.717, 1.165) is 4.31 Å². The maximum Gasteiger partial charge on any atom is 0.338 e. The van der Waals surface area contributed by atoms with Crippen molar-refractivity contribution in [2.75, 3.05) is 25.1 Å². The molecule has 3 rings (SSSR count). The van der Waals surface area contributed by atoms with Crippen molar-refractivity contribution in [3.05, 3.63) is 87.9 Å². The Morgan fingerprint density at radius 2 is 1.64 bits per heavy atom. The molecule has 172 valence electrons. The van der Waals surface area contributed by atoms with E-state index in [0.29, 0.717) is 16.5 Å². The summed E-state index contributed by atoms with van der Waals surface area (Å²) >= 11 is 11.8. The third-order valence-electron chi connectivity index (χ3n) is 4.74. The molecule has 0 aliphatic rings. The van der Waals surface area contributed by atoms with Gasteiger partial charge in [-0.3, -0.25) is 9.10 Å². The quantitative estimate of drug-likeness (QED) is 0.319. The van der Waals surface area contributed by atoms with E-state index in [1.165, 1.54) is 56.6 Å². The molecule has 0 amide bonds. The summed E-state index contributed by atoms with van der Waals surface area (Å²) in [5.74, 6) is -0.882. The monoisotopic (exact) mass is 507 g/mol. The molecule has 3 aromatic rings. The Morgan fingerprint density at radius 1 is 0.970 bits per heavy atom. The zero-order valence-corrected chi connectivity index (χ0v) is 19.9. The summed E-state index contributed by atoms with van der Waals surface area (Å²) in [5, 5.41) is 0.525. The van der Waals surface area contributed by atoms with Crippen LogP contribution in [0, 0.1) is 0 Å². The normalized spacial score (nSPS) is 11.0. The average Bonchev–Trinajstić information content (AvgIpc) is 2.81. The van der Waals surface area contributed by atoms with E-state index in [9.17, 15) is 18.0 Å². The second-order valence-corrected chi connectivity index (χ2v) is 9.61. The number of para-hydroxylation sites is 2. The largest absolute Gasteiger partial charge is 0.495 e. The highest BCUT2D eigenvalue weighted by atomic mass is 35.5. The first-order valence-corrected chi connectivity index (χ1v) is 11.7. The summed E-state index contributed by atoms with van der Waals surface area (Å²) in [6.07, 6.45) is 0. The highest BCUT2D eigenvalue weighted by molar-refractivity contribution is 7.92. The van der Waals surface area contributed by atoms with Gasteiger partial charge in [-0.05, 0) is 54.6 Å². The number of rotatable bonds is 8. The zero-order valence-electron chi connectivity index (χ0n) is 17.6. The van der Waals surface area contributed by atoms with E-state index in [1.807, 2.05) is 0 Å². The number of carbonyl (C=O) groups is 2. The fourth-order valence-electron chi connectivity index (χ4n) is 2.95. The molecule has 3 aromatic carbocycles.